The van der Waals surface area contributed by atoms with Crippen LogP contribution in [0.4, 0.5) is 5.82 Å². The Balaban J connectivity index is 2.53. The van der Waals surface area contributed by atoms with Gasteiger partial charge in [0.05, 0.1) is 6.54 Å². The van der Waals surface area contributed by atoms with E-state index in [9.17, 15) is 9.59 Å². The van der Waals surface area contributed by atoms with E-state index in [1.54, 1.807) is 17.0 Å². The molecule has 0 bridgehead atoms. The van der Waals surface area contributed by atoms with Crippen LogP contribution >= 0.6 is 0 Å². The van der Waals surface area contributed by atoms with Crippen molar-refractivity contribution in [2.24, 2.45) is 0 Å². The summed E-state index contributed by atoms with van der Waals surface area (Å²) in [4.78, 5) is 25.0. The van der Waals surface area contributed by atoms with Gasteiger partial charge in [-0.1, -0.05) is 0 Å². The molecule has 2 amide bonds. The number of aromatic nitrogens is 2. The molecule has 1 aromatic heterocycles. The van der Waals surface area contributed by atoms with Crippen molar-refractivity contribution in [1.29, 1.82) is 0 Å². The Morgan fingerprint density at radius 3 is 2.35 bits per heavy atom. The zero-order valence-corrected chi connectivity index (χ0v) is 12.1. The molecule has 1 aromatic rings. The van der Waals surface area contributed by atoms with Crippen LogP contribution in [-0.4, -0.2) is 53.1 Å². The molecule has 110 valence electrons. The van der Waals surface area contributed by atoms with E-state index in [1.807, 2.05) is 20.8 Å². The van der Waals surface area contributed by atoms with Gasteiger partial charge in [0.25, 0.3) is 5.91 Å². The molecule has 0 aliphatic rings. The third kappa shape index (κ3) is 4.49. The lowest BCUT2D eigenvalue weighted by Gasteiger charge is -2.18. The van der Waals surface area contributed by atoms with E-state index in [-0.39, 0.29) is 24.1 Å². The fraction of sp³-hybridized carbons (Fsp3) is 0.538. The monoisotopic (exact) mass is 279 g/mol. The Morgan fingerprint density at radius 1 is 1.15 bits per heavy atom. The van der Waals surface area contributed by atoms with Crippen molar-refractivity contribution in [2.75, 3.05) is 31.5 Å². The lowest BCUT2D eigenvalue weighted by molar-refractivity contribution is -0.128. The number of anilines is 1. The molecular weight excluding hydrogens is 258 g/mol. The van der Waals surface area contributed by atoms with Crippen LogP contribution in [0.2, 0.25) is 0 Å². The maximum Gasteiger partial charge on any atom is 0.271 e. The number of carbonyl (C=O) groups excluding carboxylic acids is 2. The second-order valence-corrected chi connectivity index (χ2v) is 4.08. The van der Waals surface area contributed by atoms with Crippen LogP contribution in [0.5, 0.6) is 0 Å². The molecule has 0 atom stereocenters. The van der Waals surface area contributed by atoms with Gasteiger partial charge in [0.1, 0.15) is 5.82 Å². The van der Waals surface area contributed by atoms with Gasteiger partial charge in [-0.05, 0) is 32.9 Å². The Kier molecular flexibility index (Phi) is 6.42. The van der Waals surface area contributed by atoms with Crippen molar-refractivity contribution in [3.05, 3.63) is 17.8 Å². The first kappa shape index (κ1) is 15.9. The van der Waals surface area contributed by atoms with Crippen LogP contribution < -0.4 is 10.6 Å². The zero-order valence-electron chi connectivity index (χ0n) is 12.1. The number of hydrogen-bond acceptors (Lipinski definition) is 5. The molecule has 0 aliphatic carbocycles. The highest BCUT2D eigenvalue weighted by molar-refractivity contribution is 5.92. The summed E-state index contributed by atoms with van der Waals surface area (Å²) in [5, 5.41) is 13.2. The molecule has 0 aromatic carbocycles. The molecule has 1 heterocycles. The molecule has 0 saturated heterocycles. The van der Waals surface area contributed by atoms with Crippen LogP contribution in [-0.2, 0) is 4.79 Å². The average molecular weight is 279 g/mol. The number of rotatable bonds is 7. The van der Waals surface area contributed by atoms with Crippen molar-refractivity contribution < 1.29 is 9.59 Å². The maximum absolute atomic E-state index is 11.8. The highest BCUT2D eigenvalue weighted by Gasteiger charge is 2.10. The Morgan fingerprint density at radius 2 is 1.85 bits per heavy atom. The van der Waals surface area contributed by atoms with Crippen LogP contribution in [0, 0.1) is 0 Å². The molecule has 20 heavy (non-hydrogen) atoms. The lowest BCUT2D eigenvalue weighted by atomic mass is 10.3. The molecule has 7 heteroatoms. The van der Waals surface area contributed by atoms with E-state index < -0.39 is 0 Å². The van der Waals surface area contributed by atoms with Gasteiger partial charge < -0.3 is 15.5 Å². The minimum atomic E-state index is -0.259. The molecule has 0 saturated carbocycles. The number of hydrogen-bond donors (Lipinski definition) is 2. The van der Waals surface area contributed by atoms with Gasteiger partial charge in [0, 0.05) is 19.6 Å². The number of amides is 2. The fourth-order valence-electron chi connectivity index (χ4n) is 1.65. The average Bonchev–Trinajstić information content (AvgIpc) is 2.47. The molecular formula is C13H21N5O2. The summed E-state index contributed by atoms with van der Waals surface area (Å²) < 4.78 is 0. The summed E-state index contributed by atoms with van der Waals surface area (Å²) in [5.74, 6) is 0.217. The van der Waals surface area contributed by atoms with Gasteiger partial charge in [-0.15, -0.1) is 10.2 Å². The highest BCUT2D eigenvalue weighted by Crippen LogP contribution is 2.02. The molecule has 7 nitrogen and oxygen atoms in total. The first-order valence-electron chi connectivity index (χ1n) is 6.75. The van der Waals surface area contributed by atoms with Crippen LogP contribution in [0.25, 0.3) is 0 Å². The molecule has 2 N–H and O–H groups in total. The number of likely N-dealkylation sites (N-methyl/N-ethyl adjacent to an activating group) is 1. The summed E-state index contributed by atoms with van der Waals surface area (Å²) in [6.07, 6.45) is 0. The zero-order chi connectivity index (χ0) is 15.0. The summed E-state index contributed by atoms with van der Waals surface area (Å²) >= 11 is 0. The maximum atomic E-state index is 11.8. The minimum Gasteiger partial charge on any atom is -0.360 e. The van der Waals surface area contributed by atoms with Crippen LogP contribution in [0.3, 0.4) is 0 Å². The molecule has 0 radical (unpaired) electrons. The van der Waals surface area contributed by atoms with Crippen molar-refractivity contribution in [1.82, 2.24) is 20.4 Å². The van der Waals surface area contributed by atoms with Gasteiger partial charge in [0.15, 0.2) is 5.69 Å². The number of nitrogens with one attached hydrogen (secondary N) is 2. The topological polar surface area (TPSA) is 87.2 Å². The summed E-state index contributed by atoms with van der Waals surface area (Å²) in [6, 6.07) is 3.20. The van der Waals surface area contributed by atoms with Gasteiger partial charge >= 0.3 is 0 Å². The smallest absolute Gasteiger partial charge is 0.271 e. The van der Waals surface area contributed by atoms with E-state index in [0.717, 1.165) is 0 Å². The third-order valence-corrected chi connectivity index (χ3v) is 2.77. The predicted molar refractivity (Wildman–Crippen MR) is 76.5 cm³/mol. The summed E-state index contributed by atoms with van der Waals surface area (Å²) in [5.41, 5.74) is 0.257. The summed E-state index contributed by atoms with van der Waals surface area (Å²) in [6.45, 7) is 7.76. The second-order valence-electron chi connectivity index (χ2n) is 4.08. The van der Waals surface area contributed by atoms with Crippen molar-refractivity contribution in [3.63, 3.8) is 0 Å². The normalized spacial score (nSPS) is 9.95. The largest absolute Gasteiger partial charge is 0.360 e. The molecule has 0 aliphatic heterocycles. The second kappa shape index (κ2) is 8.08. The van der Waals surface area contributed by atoms with E-state index >= 15 is 0 Å². The van der Waals surface area contributed by atoms with Crippen molar-refractivity contribution in [2.45, 2.75) is 20.8 Å². The van der Waals surface area contributed by atoms with Crippen LogP contribution in [0.1, 0.15) is 31.3 Å². The molecule has 1 rings (SSSR count). The third-order valence-electron chi connectivity index (χ3n) is 2.77. The standard InChI is InChI=1S/C13H21N5O2/c1-4-14-13(20)10-7-8-11(17-16-10)15-9-12(19)18(5-2)6-3/h7-8H,4-6,9H2,1-3H3,(H,14,20)(H,15,17). The van der Waals surface area contributed by atoms with Crippen molar-refractivity contribution >= 4 is 17.6 Å². The lowest BCUT2D eigenvalue weighted by Crippen LogP contribution is -2.35. The van der Waals surface area contributed by atoms with Gasteiger partial charge in [-0.3, -0.25) is 9.59 Å². The van der Waals surface area contributed by atoms with Crippen LogP contribution in [0.15, 0.2) is 12.1 Å². The molecule has 0 spiro atoms. The SMILES string of the molecule is CCNC(=O)c1ccc(NCC(=O)N(CC)CC)nn1. The fourth-order valence-corrected chi connectivity index (χ4v) is 1.65. The highest BCUT2D eigenvalue weighted by atomic mass is 16.2. The van der Waals surface area contributed by atoms with E-state index in [2.05, 4.69) is 20.8 Å². The van der Waals surface area contributed by atoms with Crippen molar-refractivity contribution in [3.8, 4) is 0 Å². The molecule has 0 fully saturated rings. The van der Waals surface area contributed by atoms with Gasteiger partial charge in [0.2, 0.25) is 5.91 Å². The van der Waals surface area contributed by atoms with Gasteiger partial charge in [-0.2, -0.15) is 0 Å². The van der Waals surface area contributed by atoms with E-state index in [0.29, 0.717) is 25.5 Å². The number of carbonyl (C=O) groups is 2. The van der Waals surface area contributed by atoms with E-state index in [4.69, 9.17) is 0 Å². The first-order valence-corrected chi connectivity index (χ1v) is 6.75. The summed E-state index contributed by atoms with van der Waals surface area (Å²) in [7, 11) is 0. The Labute approximate surface area is 118 Å². The van der Waals surface area contributed by atoms with Gasteiger partial charge in [-0.25, -0.2) is 0 Å². The first-order chi connectivity index (χ1) is 9.62. The number of nitrogens with zero attached hydrogens (tertiary/aromatic N) is 3. The molecule has 0 unspecified atom stereocenters. The Bertz CT molecular complexity index is 443. The Hall–Kier alpha value is -2.18. The quantitative estimate of drug-likeness (QED) is 0.759. The predicted octanol–water partition coefficient (Wildman–Crippen LogP) is 0.507. The van der Waals surface area contributed by atoms with E-state index in [1.165, 1.54) is 0 Å². The minimum absolute atomic E-state index is 0.00426.